The maximum atomic E-state index is 13.1. The number of hydrogen-bond donors (Lipinski definition) is 1. The third kappa shape index (κ3) is 2.73. The number of rotatable bonds is 2. The average molecular weight is 282 g/mol. The van der Waals surface area contributed by atoms with Gasteiger partial charge in [-0.25, -0.2) is 4.39 Å². The summed E-state index contributed by atoms with van der Waals surface area (Å²) in [6.07, 6.45) is 0. The number of anilines is 1. The molecule has 0 fully saturated rings. The van der Waals surface area contributed by atoms with Gasteiger partial charge in [-0.3, -0.25) is 0 Å². The lowest BCUT2D eigenvalue weighted by Crippen LogP contribution is -1.88. The first-order valence-corrected chi connectivity index (χ1v) is 5.42. The van der Waals surface area contributed by atoms with Crippen LogP contribution >= 0.6 is 15.9 Å². The maximum Gasteiger partial charge on any atom is 0.131 e. The van der Waals surface area contributed by atoms with Gasteiger partial charge in [0.15, 0.2) is 0 Å². The lowest BCUT2D eigenvalue weighted by atomic mass is 10.3. The fraction of sp³-hybridized carbons (Fsp3) is 0. The van der Waals surface area contributed by atoms with Crippen molar-refractivity contribution >= 4 is 21.6 Å². The molecule has 2 rings (SSSR count). The molecule has 0 amide bonds. The highest BCUT2D eigenvalue weighted by atomic mass is 79.9. The number of hydrogen-bond acceptors (Lipinski definition) is 2. The zero-order valence-corrected chi connectivity index (χ0v) is 9.87. The molecule has 0 aliphatic carbocycles. The predicted molar refractivity (Wildman–Crippen MR) is 65.0 cm³/mol. The Bertz CT molecular complexity index is 496. The Morgan fingerprint density at radius 1 is 1.06 bits per heavy atom. The fourth-order valence-electron chi connectivity index (χ4n) is 1.30. The monoisotopic (exact) mass is 281 g/mol. The van der Waals surface area contributed by atoms with Crippen molar-refractivity contribution in [2.45, 2.75) is 0 Å². The van der Waals surface area contributed by atoms with Crippen molar-refractivity contribution in [3.63, 3.8) is 0 Å². The summed E-state index contributed by atoms with van der Waals surface area (Å²) >= 11 is 3.20. The summed E-state index contributed by atoms with van der Waals surface area (Å²) in [7, 11) is 0. The second-order valence-electron chi connectivity index (χ2n) is 3.28. The van der Waals surface area contributed by atoms with Gasteiger partial charge in [0.2, 0.25) is 0 Å². The van der Waals surface area contributed by atoms with E-state index in [1.807, 2.05) is 0 Å². The minimum Gasteiger partial charge on any atom is -0.457 e. The maximum absolute atomic E-state index is 13.1. The summed E-state index contributed by atoms with van der Waals surface area (Å²) in [6.45, 7) is 0. The van der Waals surface area contributed by atoms with Crippen LogP contribution in [-0.4, -0.2) is 0 Å². The van der Waals surface area contributed by atoms with Gasteiger partial charge in [-0.1, -0.05) is 22.0 Å². The molecule has 16 heavy (non-hydrogen) atoms. The predicted octanol–water partition coefficient (Wildman–Crippen LogP) is 3.96. The van der Waals surface area contributed by atoms with Crippen molar-refractivity contribution in [1.82, 2.24) is 0 Å². The highest BCUT2D eigenvalue weighted by Crippen LogP contribution is 2.26. The van der Waals surface area contributed by atoms with E-state index in [2.05, 4.69) is 15.9 Å². The van der Waals surface area contributed by atoms with Crippen molar-refractivity contribution in [1.29, 1.82) is 0 Å². The molecule has 0 aliphatic heterocycles. The summed E-state index contributed by atoms with van der Waals surface area (Å²) in [5, 5.41) is 0. The molecule has 2 N–H and O–H groups in total. The van der Waals surface area contributed by atoms with E-state index in [0.717, 1.165) is 0 Å². The minimum atomic E-state index is -0.353. The van der Waals surface area contributed by atoms with Crippen molar-refractivity contribution in [2.75, 3.05) is 5.73 Å². The molecule has 0 atom stereocenters. The lowest BCUT2D eigenvalue weighted by Gasteiger charge is -2.06. The first-order valence-electron chi connectivity index (χ1n) is 4.63. The van der Waals surface area contributed by atoms with E-state index in [-0.39, 0.29) is 5.82 Å². The highest BCUT2D eigenvalue weighted by molar-refractivity contribution is 9.10. The molecule has 0 heterocycles. The summed E-state index contributed by atoms with van der Waals surface area (Å²) in [5.41, 5.74) is 6.21. The molecule has 0 saturated carbocycles. The van der Waals surface area contributed by atoms with Crippen LogP contribution in [0.3, 0.4) is 0 Å². The van der Waals surface area contributed by atoms with E-state index < -0.39 is 0 Å². The highest BCUT2D eigenvalue weighted by Gasteiger charge is 2.01. The molecule has 2 aromatic carbocycles. The number of nitrogen functional groups attached to an aromatic ring is 1. The second kappa shape index (κ2) is 4.53. The average Bonchev–Trinajstić information content (AvgIpc) is 2.15. The van der Waals surface area contributed by atoms with Crippen LogP contribution in [0.1, 0.15) is 0 Å². The molecule has 2 aromatic rings. The normalized spacial score (nSPS) is 10.1. The van der Waals surface area contributed by atoms with Crippen molar-refractivity contribution in [3.05, 3.63) is 52.8 Å². The molecule has 0 bridgehead atoms. The molecule has 0 saturated heterocycles. The third-order valence-electron chi connectivity index (χ3n) is 1.93. The van der Waals surface area contributed by atoms with Crippen molar-refractivity contribution in [2.24, 2.45) is 0 Å². The first-order chi connectivity index (χ1) is 7.63. The number of nitrogens with two attached hydrogens (primary N) is 1. The van der Waals surface area contributed by atoms with Crippen LogP contribution in [0.15, 0.2) is 46.9 Å². The smallest absolute Gasteiger partial charge is 0.131 e. The standard InChI is InChI=1S/C12H9BrFNO/c13-8-4-9(14)6-12(5-8)16-11-3-1-2-10(15)7-11/h1-7H,15H2. The number of benzene rings is 2. The molecule has 0 aromatic heterocycles. The Morgan fingerprint density at radius 2 is 1.88 bits per heavy atom. The SMILES string of the molecule is Nc1cccc(Oc2cc(F)cc(Br)c2)c1. The topological polar surface area (TPSA) is 35.2 Å². The van der Waals surface area contributed by atoms with Gasteiger partial charge < -0.3 is 10.5 Å². The van der Waals surface area contributed by atoms with Crippen LogP contribution in [0.4, 0.5) is 10.1 Å². The van der Waals surface area contributed by atoms with Gasteiger partial charge in [-0.2, -0.15) is 0 Å². The quantitative estimate of drug-likeness (QED) is 0.846. The van der Waals surface area contributed by atoms with Gasteiger partial charge in [0, 0.05) is 22.3 Å². The Labute approximate surface area is 101 Å². The molecular weight excluding hydrogens is 273 g/mol. The Hall–Kier alpha value is -1.55. The van der Waals surface area contributed by atoms with Crippen molar-refractivity contribution in [3.8, 4) is 11.5 Å². The number of halogens is 2. The van der Waals surface area contributed by atoms with Gasteiger partial charge >= 0.3 is 0 Å². The zero-order valence-electron chi connectivity index (χ0n) is 8.28. The van der Waals surface area contributed by atoms with Crippen LogP contribution in [0.2, 0.25) is 0 Å². The minimum absolute atomic E-state index is 0.353. The van der Waals surface area contributed by atoms with Crippen LogP contribution in [0, 0.1) is 5.82 Å². The van der Waals surface area contributed by atoms with E-state index in [9.17, 15) is 4.39 Å². The van der Waals surface area contributed by atoms with Crippen LogP contribution in [-0.2, 0) is 0 Å². The molecule has 82 valence electrons. The molecule has 0 spiro atoms. The first kappa shape index (κ1) is 11.0. The van der Waals surface area contributed by atoms with Gasteiger partial charge in [0.1, 0.15) is 17.3 Å². The van der Waals surface area contributed by atoms with Gasteiger partial charge in [-0.05, 0) is 24.3 Å². The van der Waals surface area contributed by atoms with Crippen LogP contribution in [0.25, 0.3) is 0 Å². The third-order valence-corrected chi connectivity index (χ3v) is 2.39. The Morgan fingerprint density at radius 3 is 2.56 bits per heavy atom. The number of ether oxygens (including phenoxy) is 1. The van der Waals surface area contributed by atoms with Gasteiger partial charge in [-0.15, -0.1) is 0 Å². The summed E-state index contributed by atoms with van der Waals surface area (Å²) < 4.78 is 19.2. The van der Waals surface area contributed by atoms with E-state index in [4.69, 9.17) is 10.5 Å². The molecule has 0 aliphatic rings. The summed E-state index contributed by atoms with van der Waals surface area (Å²) in [5.74, 6) is 0.656. The van der Waals surface area contributed by atoms with E-state index >= 15 is 0 Å². The lowest BCUT2D eigenvalue weighted by molar-refractivity contribution is 0.476. The van der Waals surface area contributed by atoms with E-state index in [0.29, 0.717) is 21.7 Å². The van der Waals surface area contributed by atoms with Crippen LogP contribution < -0.4 is 10.5 Å². The molecule has 0 unspecified atom stereocenters. The summed E-state index contributed by atoms with van der Waals surface area (Å²) in [6, 6.07) is 11.3. The van der Waals surface area contributed by atoms with E-state index in [1.165, 1.54) is 12.1 Å². The Kier molecular flexibility index (Phi) is 3.10. The van der Waals surface area contributed by atoms with E-state index in [1.54, 1.807) is 30.3 Å². The largest absolute Gasteiger partial charge is 0.457 e. The van der Waals surface area contributed by atoms with Gasteiger partial charge in [0.05, 0.1) is 0 Å². The molecule has 0 radical (unpaired) electrons. The summed E-state index contributed by atoms with van der Waals surface area (Å²) in [4.78, 5) is 0. The molecule has 2 nitrogen and oxygen atoms in total. The Balaban J connectivity index is 2.27. The van der Waals surface area contributed by atoms with Gasteiger partial charge in [0.25, 0.3) is 0 Å². The van der Waals surface area contributed by atoms with Crippen LogP contribution in [0.5, 0.6) is 11.5 Å². The molecule has 4 heteroatoms. The fourth-order valence-corrected chi connectivity index (χ4v) is 1.75. The zero-order chi connectivity index (χ0) is 11.5. The van der Waals surface area contributed by atoms with Crippen molar-refractivity contribution < 1.29 is 9.13 Å². The molecular formula is C12H9BrFNO. The second-order valence-corrected chi connectivity index (χ2v) is 4.20.